The molecule has 0 unspecified atom stereocenters. The van der Waals surface area contributed by atoms with Gasteiger partial charge in [-0.2, -0.15) is 0 Å². The SMILES string of the molecule is N[C@H](Cc1ccccc1)c1cccs1. The lowest BCUT2D eigenvalue weighted by Gasteiger charge is -2.08. The van der Waals surface area contributed by atoms with Crippen molar-refractivity contribution in [2.45, 2.75) is 12.5 Å². The molecule has 1 aromatic heterocycles. The van der Waals surface area contributed by atoms with Crippen LogP contribution in [0.15, 0.2) is 47.8 Å². The van der Waals surface area contributed by atoms with Gasteiger partial charge >= 0.3 is 0 Å². The van der Waals surface area contributed by atoms with E-state index in [1.54, 1.807) is 11.3 Å². The van der Waals surface area contributed by atoms with Gasteiger partial charge in [-0.3, -0.25) is 0 Å². The molecule has 1 atom stereocenters. The number of hydrogen-bond acceptors (Lipinski definition) is 2. The fraction of sp³-hybridized carbons (Fsp3) is 0.167. The van der Waals surface area contributed by atoms with E-state index >= 15 is 0 Å². The second-order valence-corrected chi connectivity index (χ2v) is 4.29. The summed E-state index contributed by atoms with van der Waals surface area (Å²) in [5.74, 6) is 0. The van der Waals surface area contributed by atoms with Crippen LogP contribution in [0.25, 0.3) is 0 Å². The quantitative estimate of drug-likeness (QED) is 0.815. The normalized spacial score (nSPS) is 12.6. The Morgan fingerprint density at radius 2 is 1.86 bits per heavy atom. The van der Waals surface area contributed by atoms with E-state index in [0.717, 1.165) is 6.42 Å². The average Bonchev–Trinajstić information content (AvgIpc) is 2.72. The molecule has 0 aliphatic carbocycles. The summed E-state index contributed by atoms with van der Waals surface area (Å²) in [6.07, 6.45) is 0.918. The van der Waals surface area contributed by atoms with Gasteiger partial charge in [0, 0.05) is 10.9 Å². The largest absolute Gasteiger partial charge is 0.323 e. The first-order valence-electron chi connectivity index (χ1n) is 4.69. The highest BCUT2D eigenvalue weighted by Gasteiger charge is 2.06. The second-order valence-electron chi connectivity index (χ2n) is 3.31. The van der Waals surface area contributed by atoms with Crippen LogP contribution in [0.4, 0.5) is 0 Å². The zero-order valence-corrected chi connectivity index (χ0v) is 8.71. The predicted octanol–water partition coefficient (Wildman–Crippen LogP) is 2.99. The van der Waals surface area contributed by atoms with Crippen LogP contribution < -0.4 is 5.73 Å². The Morgan fingerprint density at radius 3 is 2.50 bits per heavy atom. The summed E-state index contributed by atoms with van der Waals surface area (Å²) in [6, 6.07) is 14.6. The fourth-order valence-electron chi connectivity index (χ4n) is 1.47. The molecule has 1 aromatic carbocycles. The maximum atomic E-state index is 6.08. The van der Waals surface area contributed by atoms with Crippen molar-refractivity contribution in [1.29, 1.82) is 0 Å². The maximum Gasteiger partial charge on any atom is 0.0430 e. The molecule has 2 rings (SSSR count). The first kappa shape index (κ1) is 9.44. The monoisotopic (exact) mass is 203 g/mol. The Hall–Kier alpha value is -1.12. The highest BCUT2D eigenvalue weighted by atomic mass is 32.1. The summed E-state index contributed by atoms with van der Waals surface area (Å²) >= 11 is 1.73. The Morgan fingerprint density at radius 1 is 1.07 bits per heavy atom. The summed E-state index contributed by atoms with van der Waals surface area (Å²) in [4.78, 5) is 1.26. The molecule has 0 saturated heterocycles. The predicted molar refractivity (Wildman–Crippen MR) is 61.4 cm³/mol. The van der Waals surface area contributed by atoms with E-state index in [-0.39, 0.29) is 6.04 Å². The zero-order valence-electron chi connectivity index (χ0n) is 7.89. The van der Waals surface area contributed by atoms with Gasteiger partial charge in [-0.05, 0) is 23.4 Å². The highest BCUT2D eigenvalue weighted by Crippen LogP contribution is 2.20. The number of nitrogens with two attached hydrogens (primary N) is 1. The fourth-order valence-corrected chi connectivity index (χ4v) is 2.20. The Kier molecular flexibility index (Phi) is 2.96. The molecular weight excluding hydrogens is 190 g/mol. The van der Waals surface area contributed by atoms with Crippen LogP contribution >= 0.6 is 11.3 Å². The van der Waals surface area contributed by atoms with Gasteiger partial charge in [0.25, 0.3) is 0 Å². The molecule has 14 heavy (non-hydrogen) atoms. The summed E-state index contributed by atoms with van der Waals surface area (Å²) < 4.78 is 0. The van der Waals surface area contributed by atoms with Gasteiger partial charge in [0.2, 0.25) is 0 Å². The molecule has 72 valence electrons. The summed E-state index contributed by atoms with van der Waals surface area (Å²) in [5, 5.41) is 2.07. The van der Waals surface area contributed by atoms with Crippen LogP contribution in [0, 0.1) is 0 Å². The lowest BCUT2D eigenvalue weighted by molar-refractivity contribution is 0.736. The van der Waals surface area contributed by atoms with E-state index in [2.05, 4.69) is 35.7 Å². The molecule has 2 heteroatoms. The smallest absolute Gasteiger partial charge is 0.0430 e. The third-order valence-corrected chi connectivity index (χ3v) is 3.21. The van der Waals surface area contributed by atoms with Crippen molar-refractivity contribution in [2.75, 3.05) is 0 Å². The van der Waals surface area contributed by atoms with Crippen molar-refractivity contribution in [2.24, 2.45) is 5.73 Å². The first-order chi connectivity index (χ1) is 6.86. The minimum Gasteiger partial charge on any atom is -0.323 e. The van der Waals surface area contributed by atoms with Gasteiger partial charge in [-0.15, -0.1) is 11.3 Å². The third kappa shape index (κ3) is 2.22. The lowest BCUT2D eigenvalue weighted by atomic mass is 10.1. The average molecular weight is 203 g/mol. The van der Waals surface area contributed by atoms with Gasteiger partial charge in [-0.25, -0.2) is 0 Å². The van der Waals surface area contributed by atoms with E-state index in [9.17, 15) is 0 Å². The Balaban J connectivity index is 2.06. The summed E-state index contributed by atoms with van der Waals surface area (Å²) in [5.41, 5.74) is 7.38. The van der Waals surface area contributed by atoms with Crippen LogP contribution in [0.3, 0.4) is 0 Å². The van der Waals surface area contributed by atoms with Crippen molar-refractivity contribution in [3.8, 4) is 0 Å². The third-order valence-electron chi connectivity index (χ3n) is 2.21. The summed E-state index contributed by atoms with van der Waals surface area (Å²) in [7, 11) is 0. The molecule has 1 nitrogen and oxygen atoms in total. The molecule has 0 spiro atoms. The van der Waals surface area contributed by atoms with Crippen molar-refractivity contribution >= 4 is 11.3 Å². The Bertz CT molecular complexity index is 366. The minimum atomic E-state index is 0.136. The van der Waals surface area contributed by atoms with Crippen molar-refractivity contribution in [3.05, 3.63) is 58.3 Å². The van der Waals surface area contributed by atoms with Crippen molar-refractivity contribution < 1.29 is 0 Å². The zero-order chi connectivity index (χ0) is 9.80. The van der Waals surface area contributed by atoms with Crippen LogP contribution in [0.2, 0.25) is 0 Å². The molecule has 0 radical (unpaired) electrons. The van der Waals surface area contributed by atoms with E-state index in [1.807, 2.05) is 12.1 Å². The van der Waals surface area contributed by atoms with Crippen LogP contribution in [0.1, 0.15) is 16.5 Å². The lowest BCUT2D eigenvalue weighted by Crippen LogP contribution is -2.11. The molecule has 2 N–H and O–H groups in total. The molecule has 0 amide bonds. The van der Waals surface area contributed by atoms with Crippen LogP contribution in [0.5, 0.6) is 0 Å². The van der Waals surface area contributed by atoms with Gasteiger partial charge in [0.05, 0.1) is 0 Å². The molecule has 0 aliphatic rings. The number of benzene rings is 1. The van der Waals surface area contributed by atoms with E-state index in [4.69, 9.17) is 5.73 Å². The molecule has 2 aromatic rings. The molecule has 0 saturated carbocycles. The topological polar surface area (TPSA) is 26.0 Å². The standard InChI is InChI=1S/C12H13NS/c13-11(12-7-4-8-14-12)9-10-5-2-1-3-6-10/h1-8,11H,9,13H2/t11-/m1/s1. The molecule has 0 aliphatic heterocycles. The van der Waals surface area contributed by atoms with Gasteiger partial charge in [-0.1, -0.05) is 36.4 Å². The summed E-state index contributed by atoms with van der Waals surface area (Å²) in [6.45, 7) is 0. The van der Waals surface area contributed by atoms with Crippen molar-refractivity contribution in [3.63, 3.8) is 0 Å². The number of hydrogen-bond donors (Lipinski definition) is 1. The van der Waals surface area contributed by atoms with E-state index in [0.29, 0.717) is 0 Å². The van der Waals surface area contributed by atoms with Crippen molar-refractivity contribution in [1.82, 2.24) is 0 Å². The first-order valence-corrected chi connectivity index (χ1v) is 5.57. The van der Waals surface area contributed by atoms with Gasteiger partial charge < -0.3 is 5.73 Å². The van der Waals surface area contributed by atoms with Gasteiger partial charge in [0.15, 0.2) is 0 Å². The maximum absolute atomic E-state index is 6.08. The minimum absolute atomic E-state index is 0.136. The van der Waals surface area contributed by atoms with Crippen LogP contribution in [-0.2, 0) is 6.42 Å². The van der Waals surface area contributed by atoms with E-state index < -0.39 is 0 Å². The molecule has 0 bridgehead atoms. The Labute approximate surface area is 88.2 Å². The second kappa shape index (κ2) is 4.40. The number of thiophene rings is 1. The van der Waals surface area contributed by atoms with Gasteiger partial charge in [0.1, 0.15) is 0 Å². The van der Waals surface area contributed by atoms with E-state index in [1.165, 1.54) is 10.4 Å². The molecule has 0 fully saturated rings. The van der Waals surface area contributed by atoms with Crippen LogP contribution in [-0.4, -0.2) is 0 Å². The highest BCUT2D eigenvalue weighted by molar-refractivity contribution is 7.10. The number of rotatable bonds is 3. The molecular formula is C12H13NS. The molecule has 1 heterocycles.